The molecule has 0 aliphatic heterocycles. The van der Waals surface area contributed by atoms with Crippen LogP contribution in [-0.2, 0) is 14.3 Å². The van der Waals surface area contributed by atoms with Crippen molar-refractivity contribution in [3.8, 4) is 0 Å². The Morgan fingerprint density at radius 3 is 2.55 bits per heavy atom. The van der Waals surface area contributed by atoms with Crippen molar-refractivity contribution in [2.24, 2.45) is 0 Å². The van der Waals surface area contributed by atoms with Crippen molar-refractivity contribution in [3.05, 3.63) is 40.6 Å². The number of ether oxygens (including phenoxy) is 2. The van der Waals surface area contributed by atoms with Gasteiger partial charge in [-0.2, -0.15) is 0 Å². The largest absolute Gasteiger partial charge is 0.613 e. The summed E-state index contributed by atoms with van der Waals surface area (Å²) in [6.45, 7) is 3.34. The van der Waals surface area contributed by atoms with E-state index in [2.05, 4.69) is 5.32 Å². The highest BCUT2D eigenvalue weighted by atomic mass is 35.5. The number of carbonyl (C=O) groups is 1. The molecule has 1 N–H and O–H groups in total. The minimum Gasteiger partial charge on any atom is -0.613 e. The molecule has 120 valence electrons. The first kappa shape index (κ1) is 18.2. The summed E-state index contributed by atoms with van der Waals surface area (Å²) < 4.78 is 22.7. The SMILES string of the molecule is CCOC(=O)/C(C(=S)Nc1ccc(F)c(Cl)c1)=C(/[O-])OCC. The molecule has 0 saturated carbocycles. The Morgan fingerprint density at radius 1 is 1.36 bits per heavy atom. The smallest absolute Gasteiger partial charge is 0.342 e. The van der Waals surface area contributed by atoms with Gasteiger partial charge >= 0.3 is 5.97 Å². The first-order valence-electron chi connectivity index (χ1n) is 6.38. The molecule has 0 aromatic heterocycles. The van der Waals surface area contributed by atoms with Crippen LogP contribution >= 0.6 is 23.8 Å². The molecule has 22 heavy (non-hydrogen) atoms. The van der Waals surface area contributed by atoms with Gasteiger partial charge in [0.25, 0.3) is 0 Å². The van der Waals surface area contributed by atoms with Gasteiger partial charge in [0.15, 0.2) is 0 Å². The van der Waals surface area contributed by atoms with Crippen LogP contribution in [0.4, 0.5) is 10.1 Å². The molecular weight excluding hydrogens is 333 g/mol. The number of esters is 1. The Kier molecular flexibility index (Phi) is 7.07. The van der Waals surface area contributed by atoms with Crippen molar-refractivity contribution in [3.63, 3.8) is 0 Å². The molecule has 8 heteroatoms. The van der Waals surface area contributed by atoms with E-state index in [9.17, 15) is 14.3 Å². The third-order valence-corrected chi connectivity index (χ3v) is 2.96. The van der Waals surface area contributed by atoms with Crippen molar-refractivity contribution < 1.29 is 23.8 Å². The molecular formula is C14H14ClFNO4S-. The average molecular weight is 347 g/mol. The first-order chi connectivity index (χ1) is 10.4. The van der Waals surface area contributed by atoms with Gasteiger partial charge < -0.3 is 19.9 Å². The van der Waals surface area contributed by atoms with Gasteiger partial charge in [-0.1, -0.05) is 30.7 Å². The van der Waals surface area contributed by atoms with Crippen LogP contribution in [0, 0.1) is 5.82 Å². The van der Waals surface area contributed by atoms with Gasteiger partial charge in [0.2, 0.25) is 0 Å². The van der Waals surface area contributed by atoms with Gasteiger partial charge in [-0.15, -0.1) is 0 Å². The molecule has 1 aromatic rings. The summed E-state index contributed by atoms with van der Waals surface area (Å²) in [5.74, 6) is -2.39. The summed E-state index contributed by atoms with van der Waals surface area (Å²) in [6.07, 6.45) is 0. The van der Waals surface area contributed by atoms with Gasteiger partial charge in [0.1, 0.15) is 16.4 Å². The molecule has 0 amide bonds. The second kappa shape index (κ2) is 8.55. The minimum atomic E-state index is -0.897. The number of halogens is 2. The van der Waals surface area contributed by atoms with Crippen LogP contribution < -0.4 is 10.4 Å². The third kappa shape index (κ3) is 4.85. The van der Waals surface area contributed by atoms with Gasteiger partial charge in [-0.05, 0) is 31.7 Å². The van der Waals surface area contributed by atoms with E-state index in [1.54, 1.807) is 13.8 Å². The summed E-state index contributed by atoms with van der Waals surface area (Å²) in [5, 5.41) is 14.3. The molecule has 0 radical (unpaired) electrons. The fraction of sp³-hybridized carbons (Fsp3) is 0.286. The van der Waals surface area contributed by atoms with E-state index in [1.165, 1.54) is 12.1 Å². The van der Waals surface area contributed by atoms with Gasteiger partial charge in [-0.25, -0.2) is 9.18 Å². The van der Waals surface area contributed by atoms with E-state index in [0.29, 0.717) is 5.69 Å². The lowest BCUT2D eigenvalue weighted by Crippen LogP contribution is -2.27. The zero-order valence-corrected chi connectivity index (χ0v) is 13.5. The van der Waals surface area contributed by atoms with Crippen LogP contribution in [0.1, 0.15) is 13.8 Å². The predicted octanol–water partition coefficient (Wildman–Crippen LogP) is 2.39. The van der Waals surface area contributed by atoms with E-state index in [4.69, 9.17) is 33.3 Å². The number of rotatable bonds is 6. The number of carbonyl (C=O) groups excluding carboxylic acids is 1. The van der Waals surface area contributed by atoms with E-state index >= 15 is 0 Å². The zero-order valence-electron chi connectivity index (χ0n) is 11.9. The quantitative estimate of drug-likeness (QED) is 0.369. The maximum Gasteiger partial charge on any atom is 0.342 e. The lowest BCUT2D eigenvalue weighted by molar-refractivity contribution is -0.357. The van der Waals surface area contributed by atoms with E-state index in [0.717, 1.165) is 6.07 Å². The number of hydrogen-bond donors (Lipinski definition) is 1. The van der Waals surface area contributed by atoms with Crippen LogP contribution in [-0.4, -0.2) is 24.2 Å². The standard InChI is InChI=1S/C14H15ClFNO4S/c1-3-20-13(18)11(14(19)21-4-2)12(22)17-8-5-6-10(16)9(15)7-8/h5-7,18H,3-4H2,1-2H3,(H,17,22)/p-1/b13-11-. The van der Waals surface area contributed by atoms with E-state index in [1.807, 2.05) is 0 Å². The van der Waals surface area contributed by atoms with E-state index < -0.39 is 23.3 Å². The molecule has 0 fully saturated rings. The second-order valence-electron chi connectivity index (χ2n) is 3.90. The molecule has 0 spiro atoms. The summed E-state index contributed by atoms with van der Waals surface area (Å²) in [7, 11) is 0. The topological polar surface area (TPSA) is 70.6 Å². The highest BCUT2D eigenvalue weighted by Gasteiger charge is 2.19. The zero-order chi connectivity index (χ0) is 16.7. The maximum absolute atomic E-state index is 13.1. The number of thiocarbonyl (C=S) groups is 1. The number of anilines is 1. The highest BCUT2D eigenvalue weighted by Crippen LogP contribution is 2.20. The predicted molar refractivity (Wildman–Crippen MR) is 82.9 cm³/mol. The van der Waals surface area contributed by atoms with Gasteiger partial charge in [0, 0.05) is 5.69 Å². The van der Waals surface area contributed by atoms with Crippen LogP contribution in [0.15, 0.2) is 29.7 Å². The number of benzene rings is 1. The normalized spacial score (nSPS) is 11.5. The van der Waals surface area contributed by atoms with Crippen molar-refractivity contribution in [2.75, 3.05) is 18.5 Å². The summed E-state index contributed by atoms with van der Waals surface area (Å²) in [6, 6.07) is 3.76. The Labute approximate surface area is 137 Å². The molecule has 1 rings (SSSR count). The first-order valence-corrected chi connectivity index (χ1v) is 7.16. The Hall–Kier alpha value is -1.86. The van der Waals surface area contributed by atoms with Crippen molar-refractivity contribution in [2.45, 2.75) is 13.8 Å². The molecule has 0 aliphatic carbocycles. The maximum atomic E-state index is 13.1. The van der Waals surface area contributed by atoms with Gasteiger partial charge in [0.05, 0.1) is 17.6 Å². The molecule has 0 atom stereocenters. The molecule has 0 aliphatic rings. The Morgan fingerprint density at radius 2 is 2.00 bits per heavy atom. The Balaban J connectivity index is 3.04. The minimum absolute atomic E-state index is 0.0761. The summed E-state index contributed by atoms with van der Waals surface area (Å²) in [4.78, 5) is 11.6. The lowest BCUT2D eigenvalue weighted by Gasteiger charge is -2.19. The average Bonchev–Trinajstić information content (AvgIpc) is 2.43. The fourth-order valence-electron chi connectivity index (χ4n) is 1.44. The van der Waals surface area contributed by atoms with E-state index in [-0.39, 0.29) is 23.2 Å². The van der Waals surface area contributed by atoms with Crippen molar-refractivity contribution in [1.82, 2.24) is 0 Å². The van der Waals surface area contributed by atoms with Crippen LogP contribution in [0.25, 0.3) is 0 Å². The number of hydrogen-bond acceptors (Lipinski definition) is 5. The second-order valence-corrected chi connectivity index (χ2v) is 4.71. The molecule has 1 aromatic carbocycles. The van der Waals surface area contributed by atoms with Crippen LogP contribution in [0.5, 0.6) is 0 Å². The molecule has 0 unspecified atom stereocenters. The summed E-state index contributed by atoms with van der Waals surface area (Å²) >= 11 is 10.7. The fourth-order valence-corrected chi connectivity index (χ4v) is 1.91. The Bertz CT molecular complexity index is 607. The molecule has 0 saturated heterocycles. The third-order valence-electron chi connectivity index (χ3n) is 2.36. The van der Waals surface area contributed by atoms with Crippen LogP contribution in [0.2, 0.25) is 5.02 Å². The summed E-state index contributed by atoms with van der Waals surface area (Å²) in [5.41, 5.74) is -0.110. The van der Waals surface area contributed by atoms with Crippen LogP contribution in [0.3, 0.4) is 0 Å². The van der Waals surface area contributed by atoms with Crippen molar-refractivity contribution >= 4 is 40.5 Å². The monoisotopic (exact) mass is 346 g/mol. The molecule has 0 bridgehead atoms. The lowest BCUT2D eigenvalue weighted by atomic mass is 10.2. The number of nitrogens with one attached hydrogen (secondary N) is 1. The van der Waals surface area contributed by atoms with Crippen molar-refractivity contribution in [1.29, 1.82) is 0 Å². The highest BCUT2D eigenvalue weighted by molar-refractivity contribution is 7.81. The molecule has 0 heterocycles. The molecule has 5 nitrogen and oxygen atoms in total. The van der Waals surface area contributed by atoms with Gasteiger partial charge in [-0.3, -0.25) is 0 Å².